The first-order chi connectivity index (χ1) is 6.07. The summed E-state index contributed by atoms with van der Waals surface area (Å²) in [7, 11) is 1.48. The molecule has 3 nitrogen and oxygen atoms in total. The van der Waals surface area contributed by atoms with Crippen LogP contribution < -0.4 is 10.5 Å². The fraction of sp³-hybridized carbons (Fsp3) is 0.222. The highest BCUT2D eigenvalue weighted by Crippen LogP contribution is 2.29. The van der Waals surface area contributed by atoms with E-state index in [0.29, 0.717) is 10.8 Å². The maximum Gasteiger partial charge on any atom is 0.254 e. The van der Waals surface area contributed by atoms with Gasteiger partial charge in [0.15, 0.2) is 0 Å². The van der Waals surface area contributed by atoms with Crippen LogP contribution in [0.4, 0.5) is 0 Å². The number of carbonyl (C=O) groups excluding carboxylic acids is 1. The Morgan fingerprint density at radius 1 is 1.54 bits per heavy atom. The molecule has 0 aliphatic rings. The zero-order valence-electron chi connectivity index (χ0n) is 7.43. The lowest BCUT2D eigenvalue weighted by Crippen LogP contribution is -2.13. The summed E-state index contributed by atoms with van der Waals surface area (Å²) in [6, 6.07) is 3.40. The van der Waals surface area contributed by atoms with Gasteiger partial charge in [-0.05, 0) is 18.6 Å². The van der Waals surface area contributed by atoms with Crippen molar-refractivity contribution in [2.45, 2.75) is 6.92 Å². The summed E-state index contributed by atoms with van der Waals surface area (Å²) < 4.78 is 5.03. The summed E-state index contributed by atoms with van der Waals surface area (Å²) in [6.45, 7) is 1.82. The third kappa shape index (κ3) is 1.75. The Hall–Kier alpha value is -1.22. The van der Waals surface area contributed by atoms with Crippen molar-refractivity contribution in [3.63, 3.8) is 0 Å². The highest BCUT2D eigenvalue weighted by molar-refractivity contribution is 6.34. The number of ether oxygens (including phenoxy) is 1. The lowest BCUT2D eigenvalue weighted by molar-refractivity contribution is 0.0997. The van der Waals surface area contributed by atoms with Gasteiger partial charge in [0.1, 0.15) is 5.75 Å². The van der Waals surface area contributed by atoms with Gasteiger partial charge in [0.2, 0.25) is 0 Å². The van der Waals surface area contributed by atoms with Crippen molar-refractivity contribution in [3.05, 3.63) is 28.3 Å². The van der Waals surface area contributed by atoms with E-state index in [-0.39, 0.29) is 5.56 Å². The van der Waals surface area contributed by atoms with E-state index in [1.165, 1.54) is 7.11 Å². The summed E-state index contributed by atoms with van der Waals surface area (Å²) in [5.74, 6) is -0.134. The number of nitrogens with two attached hydrogens (primary N) is 1. The molecule has 0 saturated carbocycles. The molecule has 0 fully saturated rings. The van der Waals surface area contributed by atoms with Crippen molar-refractivity contribution >= 4 is 17.5 Å². The van der Waals surface area contributed by atoms with Crippen molar-refractivity contribution in [2.75, 3.05) is 7.11 Å². The highest BCUT2D eigenvalue weighted by Gasteiger charge is 2.15. The molecular formula is C9H10ClNO2. The summed E-state index contributed by atoms with van der Waals surface area (Å²) in [6.07, 6.45) is 0. The third-order valence-electron chi connectivity index (χ3n) is 1.75. The monoisotopic (exact) mass is 199 g/mol. The number of amides is 1. The summed E-state index contributed by atoms with van der Waals surface area (Å²) in [5.41, 5.74) is 6.23. The predicted octanol–water partition coefficient (Wildman–Crippen LogP) is 1.76. The van der Waals surface area contributed by atoms with E-state index >= 15 is 0 Å². The van der Waals surface area contributed by atoms with E-state index in [1.807, 2.05) is 6.92 Å². The Labute approximate surface area is 81.4 Å². The fourth-order valence-electron chi connectivity index (χ4n) is 1.16. The molecular weight excluding hydrogens is 190 g/mol. The van der Waals surface area contributed by atoms with E-state index in [9.17, 15) is 4.79 Å². The lowest BCUT2D eigenvalue weighted by atomic mass is 10.1. The molecule has 2 N–H and O–H groups in total. The number of methoxy groups -OCH3 is 1. The Balaban J connectivity index is 3.43. The van der Waals surface area contributed by atoms with Crippen molar-refractivity contribution < 1.29 is 9.53 Å². The highest BCUT2D eigenvalue weighted by atomic mass is 35.5. The van der Waals surface area contributed by atoms with Crippen LogP contribution in [0.1, 0.15) is 15.9 Å². The van der Waals surface area contributed by atoms with Crippen LogP contribution in [0, 0.1) is 6.92 Å². The molecule has 0 spiro atoms. The molecule has 1 amide bonds. The summed E-state index contributed by atoms with van der Waals surface area (Å²) in [5, 5.41) is 0.315. The number of halogens is 1. The van der Waals surface area contributed by atoms with E-state index < -0.39 is 5.91 Å². The molecule has 0 heterocycles. The Morgan fingerprint density at radius 3 is 2.54 bits per heavy atom. The van der Waals surface area contributed by atoms with Crippen LogP contribution in [0.5, 0.6) is 5.75 Å². The molecule has 1 aromatic rings. The maximum atomic E-state index is 11.0. The zero-order valence-corrected chi connectivity index (χ0v) is 8.18. The van der Waals surface area contributed by atoms with Crippen LogP contribution >= 0.6 is 11.6 Å². The molecule has 1 rings (SSSR count). The molecule has 0 saturated heterocycles. The molecule has 0 atom stereocenters. The molecule has 0 radical (unpaired) electrons. The van der Waals surface area contributed by atoms with Crippen LogP contribution in [-0.4, -0.2) is 13.0 Å². The van der Waals surface area contributed by atoms with Gasteiger partial charge < -0.3 is 10.5 Å². The Morgan fingerprint density at radius 2 is 2.15 bits per heavy atom. The molecule has 70 valence electrons. The zero-order chi connectivity index (χ0) is 10.0. The summed E-state index contributed by atoms with van der Waals surface area (Å²) in [4.78, 5) is 11.0. The van der Waals surface area contributed by atoms with Gasteiger partial charge >= 0.3 is 0 Å². The number of hydrogen-bond acceptors (Lipinski definition) is 2. The average Bonchev–Trinajstić information content (AvgIpc) is 2.07. The van der Waals surface area contributed by atoms with Gasteiger partial charge in [-0.1, -0.05) is 17.7 Å². The van der Waals surface area contributed by atoms with Crippen LogP contribution in [0.2, 0.25) is 5.02 Å². The van der Waals surface area contributed by atoms with Crippen molar-refractivity contribution in [2.24, 2.45) is 5.73 Å². The maximum absolute atomic E-state index is 11.0. The number of rotatable bonds is 2. The number of aryl methyl sites for hydroxylation is 1. The second-order valence-electron chi connectivity index (χ2n) is 2.64. The smallest absolute Gasteiger partial charge is 0.254 e. The number of benzene rings is 1. The van der Waals surface area contributed by atoms with Gasteiger partial charge in [0.25, 0.3) is 5.91 Å². The van der Waals surface area contributed by atoms with E-state index in [2.05, 4.69) is 0 Å². The standard InChI is InChI=1S/C9H10ClNO2/c1-5-3-4-6(10)7(9(11)12)8(5)13-2/h3-4H,1-2H3,(H2,11,12). The first-order valence-electron chi connectivity index (χ1n) is 3.70. The fourth-order valence-corrected chi connectivity index (χ4v) is 1.40. The van der Waals surface area contributed by atoms with E-state index in [1.54, 1.807) is 12.1 Å². The van der Waals surface area contributed by atoms with Crippen LogP contribution in [0.15, 0.2) is 12.1 Å². The largest absolute Gasteiger partial charge is 0.496 e. The first-order valence-corrected chi connectivity index (χ1v) is 4.08. The normalized spacial score (nSPS) is 9.77. The minimum atomic E-state index is -0.578. The van der Waals surface area contributed by atoms with Crippen molar-refractivity contribution in [3.8, 4) is 5.75 Å². The lowest BCUT2D eigenvalue weighted by Gasteiger charge is -2.09. The van der Waals surface area contributed by atoms with Gasteiger partial charge in [0, 0.05) is 0 Å². The predicted molar refractivity (Wildman–Crippen MR) is 51.3 cm³/mol. The second-order valence-corrected chi connectivity index (χ2v) is 3.04. The van der Waals surface area contributed by atoms with Gasteiger partial charge in [-0.25, -0.2) is 0 Å². The average molecular weight is 200 g/mol. The van der Waals surface area contributed by atoms with Crippen molar-refractivity contribution in [1.82, 2.24) is 0 Å². The molecule has 13 heavy (non-hydrogen) atoms. The van der Waals surface area contributed by atoms with Crippen LogP contribution in [0.25, 0.3) is 0 Å². The van der Waals surface area contributed by atoms with Gasteiger partial charge in [0.05, 0.1) is 17.7 Å². The topological polar surface area (TPSA) is 52.3 Å². The third-order valence-corrected chi connectivity index (χ3v) is 2.07. The molecule has 0 bridgehead atoms. The second kappa shape index (κ2) is 3.66. The number of hydrogen-bond donors (Lipinski definition) is 1. The van der Waals surface area contributed by atoms with E-state index in [0.717, 1.165) is 5.56 Å². The SMILES string of the molecule is COc1c(C)ccc(Cl)c1C(N)=O. The Kier molecular flexibility index (Phi) is 2.78. The molecule has 0 aliphatic heterocycles. The van der Waals surface area contributed by atoms with Crippen LogP contribution in [0.3, 0.4) is 0 Å². The van der Waals surface area contributed by atoms with E-state index in [4.69, 9.17) is 22.1 Å². The number of carbonyl (C=O) groups is 1. The minimum Gasteiger partial charge on any atom is -0.496 e. The van der Waals surface area contributed by atoms with Gasteiger partial charge in [-0.2, -0.15) is 0 Å². The molecule has 0 aromatic heterocycles. The summed E-state index contributed by atoms with van der Waals surface area (Å²) >= 11 is 5.79. The van der Waals surface area contributed by atoms with Crippen LogP contribution in [-0.2, 0) is 0 Å². The Bertz CT molecular complexity index is 350. The molecule has 1 aromatic carbocycles. The molecule has 0 unspecified atom stereocenters. The molecule has 4 heteroatoms. The number of primary amides is 1. The molecule has 0 aliphatic carbocycles. The minimum absolute atomic E-state index is 0.240. The van der Waals surface area contributed by atoms with Gasteiger partial charge in [-0.3, -0.25) is 4.79 Å². The van der Waals surface area contributed by atoms with Crippen molar-refractivity contribution in [1.29, 1.82) is 0 Å². The quantitative estimate of drug-likeness (QED) is 0.789. The first kappa shape index (κ1) is 9.86. The van der Waals surface area contributed by atoms with Gasteiger partial charge in [-0.15, -0.1) is 0 Å².